The van der Waals surface area contributed by atoms with Gasteiger partial charge in [-0.15, -0.1) is 0 Å². The minimum atomic E-state index is -0.126. The number of hydrogen-bond acceptors (Lipinski definition) is 2. The van der Waals surface area contributed by atoms with Crippen molar-refractivity contribution in [3.8, 4) is 0 Å². The first-order valence-corrected chi connectivity index (χ1v) is 7.36. The maximum Gasteiger partial charge on any atom is 0.317 e. The Labute approximate surface area is 125 Å². The summed E-state index contributed by atoms with van der Waals surface area (Å²) >= 11 is 0. The van der Waals surface area contributed by atoms with E-state index in [1.54, 1.807) is 4.90 Å². The van der Waals surface area contributed by atoms with Crippen molar-refractivity contribution in [2.75, 3.05) is 19.7 Å². The number of aliphatic hydroxyl groups excluding tert-OH is 1. The van der Waals surface area contributed by atoms with Gasteiger partial charge < -0.3 is 15.3 Å². The lowest BCUT2D eigenvalue weighted by molar-refractivity contribution is 0.177. The molecule has 0 unspecified atom stereocenters. The maximum atomic E-state index is 12.1. The standard InChI is InChI=1S/C17H22N2O2/c1-2-9-19(10-11-20)17(21)18-13-14-7-8-15-5-3-4-6-16(15)12-14/h3-8,12,20H,2,9-11,13H2,1H3,(H,18,21). The predicted molar refractivity (Wildman–Crippen MR) is 85.1 cm³/mol. The number of rotatable bonds is 6. The first kappa shape index (κ1) is 15.3. The molecule has 0 saturated heterocycles. The zero-order valence-corrected chi connectivity index (χ0v) is 12.4. The van der Waals surface area contributed by atoms with Gasteiger partial charge in [0, 0.05) is 19.6 Å². The Morgan fingerprint density at radius 3 is 2.62 bits per heavy atom. The van der Waals surface area contributed by atoms with Crippen molar-refractivity contribution in [2.24, 2.45) is 0 Å². The van der Waals surface area contributed by atoms with Crippen LogP contribution in [-0.2, 0) is 6.54 Å². The highest BCUT2D eigenvalue weighted by molar-refractivity contribution is 5.83. The number of nitrogens with zero attached hydrogens (tertiary/aromatic N) is 1. The summed E-state index contributed by atoms with van der Waals surface area (Å²) < 4.78 is 0. The van der Waals surface area contributed by atoms with Gasteiger partial charge in [0.1, 0.15) is 0 Å². The van der Waals surface area contributed by atoms with Gasteiger partial charge in [-0.25, -0.2) is 4.79 Å². The van der Waals surface area contributed by atoms with Crippen LogP contribution in [0.2, 0.25) is 0 Å². The van der Waals surface area contributed by atoms with Gasteiger partial charge in [-0.1, -0.05) is 43.3 Å². The normalized spacial score (nSPS) is 10.6. The Kier molecular flexibility index (Phi) is 5.58. The molecule has 4 heteroatoms. The quantitative estimate of drug-likeness (QED) is 0.858. The zero-order chi connectivity index (χ0) is 15.1. The molecule has 0 radical (unpaired) electrons. The Balaban J connectivity index is 1.98. The average Bonchev–Trinajstić information content (AvgIpc) is 2.52. The molecular formula is C17H22N2O2. The van der Waals surface area contributed by atoms with Crippen LogP contribution in [0.25, 0.3) is 10.8 Å². The number of aliphatic hydroxyl groups is 1. The van der Waals surface area contributed by atoms with E-state index in [1.165, 1.54) is 10.8 Å². The molecule has 4 nitrogen and oxygen atoms in total. The third-order valence-corrected chi connectivity index (χ3v) is 3.41. The molecule has 0 aliphatic carbocycles. The van der Waals surface area contributed by atoms with E-state index in [9.17, 15) is 4.79 Å². The van der Waals surface area contributed by atoms with Gasteiger partial charge in [0.2, 0.25) is 0 Å². The van der Waals surface area contributed by atoms with Crippen molar-refractivity contribution >= 4 is 16.8 Å². The van der Waals surface area contributed by atoms with E-state index in [0.717, 1.165) is 12.0 Å². The van der Waals surface area contributed by atoms with Crippen LogP contribution < -0.4 is 5.32 Å². The van der Waals surface area contributed by atoms with E-state index < -0.39 is 0 Å². The van der Waals surface area contributed by atoms with Crippen molar-refractivity contribution in [1.82, 2.24) is 10.2 Å². The largest absolute Gasteiger partial charge is 0.395 e. The van der Waals surface area contributed by atoms with Crippen molar-refractivity contribution in [3.63, 3.8) is 0 Å². The van der Waals surface area contributed by atoms with E-state index in [-0.39, 0.29) is 12.6 Å². The molecule has 0 spiro atoms. The summed E-state index contributed by atoms with van der Waals surface area (Å²) in [5.41, 5.74) is 1.07. The molecule has 0 aromatic heterocycles. The summed E-state index contributed by atoms with van der Waals surface area (Å²) in [5, 5.41) is 14.3. The molecule has 2 aromatic carbocycles. The van der Waals surface area contributed by atoms with Crippen molar-refractivity contribution in [1.29, 1.82) is 0 Å². The van der Waals surface area contributed by atoms with Crippen LogP contribution in [0.15, 0.2) is 42.5 Å². The molecule has 21 heavy (non-hydrogen) atoms. The number of carbonyl (C=O) groups excluding carboxylic acids is 1. The fraction of sp³-hybridized carbons (Fsp3) is 0.353. The Morgan fingerprint density at radius 1 is 1.14 bits per heavy atom. The summed E-state index contributed by atoms with van der Waals surface area (Å²) in [7, 11) is 0. The van der Waals surface area contributed by atoms with Gasteiger partial charge in [0.05, 0.1) is 6.61 Å². The lowest BCUT2D eigenvalue weighted by atomic mass is 10.1. The number of fused-ring (bicyclic) bond motifs is 1. The van der Waals surface area contributed by atoms with Crippen molar-refractivity contribution < 1.29 is 9.90 Å². The highest BCUT2D eigenvalue weighted by Crippen LogP contribution is 2.15. The lowest BCUT2D eigenvalue weighted by Gasteiger charge is -2.21. The fourth-order valence-corrected chi connectivity index (χ4v) is 2.34. The Morgan fingerprint density at radius 2 is 1.90 bits per heavy atom. The number of urea groups is 1. The molecule has 0 fully saturated rings. The molecule has 2 aromatic rings. The minimum Gasteiger partial charge on any atom is -0.395 e. The number of amides is 2. The maximum absolute atomic E-state index is 12.1. The van der Waals surface area contributed by atoms with Crippen LogP contribution in [0, 0.1) is 0 Å². The van der Waals surface area contributed by atoms with Crippen molar-refractivity contribution in [2.45, 2.75) is 19.9 Å². The van der Waals surface area contributed by atoms with Gasteiger partial charge in [0.25, 0.3) is 0 Å². The Hall–Kier alpha value is -2.07. The predicted octanol–water partition coefficient (Wildman–Crippen LogP) is 2.75. The van der Waals surface area contributed by atoms with Crippen LogP contribution >= 0.6 is 0 Å². The first-order chi connectivity index (χ1) is 10.2. The van der Waals surface area contributed by atoms with E-state index in [0.29, 0.717) is 19.6 Å². The highest BCUT2D eigenvalue weighted by Gasteiger charge is 2.11. The molecule has 112 valence electrons. The second kappa shape index (κ2) is 7.64. The third kappa shape index (κ3) is 4.20. The van der Waals surface area contributed by atoms with E-state index in [2.05, 4.69) is 29.6 Å². The van der Waals surface area contributed by atoms with Gasteiger partial charge in [-0.2, -0.15) is 0 Å². The molecule has 2 amide bonds. The summed E-state index contributed by atoms with van der Waals surface area (Å²) in [6.07, 6.45) is 0.878. The third-order valence-electron chi connectivity index (χ3n) is 3.41. The lowest BCUT2D eigenvalue weighted by Crippen LogP contribution is -2.41. The van der Waals surface area contributed by atoms with Gasteiger partial charge in [-0.3, -0.25) is 0 Å². The SMILES string of the molecule is CCCN(CCO)C(=O)NCc1ccc2ccccc2c1. The number of benzene rings is 2. The van der Waals surface area contributed by atoms with Crippen LogP contribution in [0.1, 0.15) is 18.9 Å². The van der Waals surface area contributed by atoms with E-state index >= 15 is 0 Å². The molecule has 0 aliphatic rings. The second-order valence-corrected chi connectivity index (χ2v) is 5.05. The molecule has 0 aliphatic heterocycles. The van der Waals surface area contributed by atoms with Gasteiger partial charge >= 0.3 is 6.03 Å². The molecule has 2 N–H and O–H groups in total. The summed E-state index contributed by atoms with van der Waals surface area (Å²) in [6, 6.07) is 14.2. The van der Waals surface area contributed by atoms with Crippen LogP contribution in [0.5, 0.6) is 0 Å². The molecule has 0 bridgehead atoms. The van der Waals surface area contributed by atoms with Gasteiger partial charge in [-0.05, 0) is 28.8 Å². The monoisotopic (exact) mass is 286 g/mol. The molecular weight excluding hydrogens is 264 g/mol. The smallest absolute Gasteiger partial charge is 0.317 e. The van der Waals surface area contributed by atoms with Crippen LogP contribution in [0.3, 0.4) is 0 Å². The van der Waals surface area contributed by atoms with E-state index in [1.807, 2.05) is 25.1 Å². The number of hydrogen-bond donors (Lipinski definition) is 2. The van der Waals surface area contributed by atoms with E-state index in [4.69, 9.17) is 5.11 Å². The minimum absolute atomic E-state index is 0.0105. The number of carbonyl (C=O) groups is 1. The molecule has 0 heterocycles. The first-order valence-electron chi connectivity index (χ1n) is 7.36. The van der Waals surface area contributed by atoms with Crippen LogP contribution in [-0.4, -0.2) is 35.7 Å². The Bertz CT molecular complexity index is 592. The topological polar surface area (TPSA) is 52.6 Å². The second-order valence-electron chi connectivity index (χ2n) is 5.05. The molecule has 0 saturated carbocycles. The summed E-state index contributed by atoms with van der Waals surface area (Å²) in [5.74, 6) is 0. The van der Waals surface area contributed by atoms with Crippen molar-refractivity contribution in [3.05, 3.63) is 48.0 Å². The van der Waals surface area contributed by atoms with Gasteiger partial charge in [0.15, 0.2) is 0 Å². The van der Waals surface area contributed by atoms with Crippen LogP contribution in [0.4, 0.5) is 4.79 Å². The zero-order valence-electron chi connectivity index (χ0n) is 12.4. The fourth-order valence-electron chi connectivity index (χ4n) is 2.34. The molecule has 2 rings (SSSR count). The summed E-state index contributed by atoms with van der Waals surface area (Å²) in [6.45, 7) is 3.53. The number of nitrogens with one attached hydrogen (secondary N) is 1. The average molecular weight is 286 g/mol. The summed E-state index contributed by atoms with van der Waals surface area (Å²) in [4.78, 5) is 13.7. The molecule has 0 atom stereocenters. The highest BCUT2D eigenvalue weighted by atomic mass is 16.3.